The normalized spacial score (nSPS) is 22.2. The van der Waals surface area contributed by atoms with E-state index in [1.165, 1.54) is 0 Å². The van der Waals surface area contributed by atoms with E-state index in [-0.39, 0.29) is 23.4 Å². The minimum Gasteiger partial charge on any atom is -0.294 e. The molecular formula is C21H24O3S. The first-order valence-corrected chi connectivity index (χ1v) is 10.4. The number of carbonyl (C=O) groups is 1. The number of sulfone groups is 1. The van der Waals surface area contributed by atoms with Gasteiger partial charge in [0.25, 0.3) is 0 Å². The minimum absolute atomic E-state index is 0.0856. The van der Waals surface area contributed by atoms with Crippen molar-refractivity contribution in [2.24, 2.45) is 5.92 Å². The van der Waals surface area contributed by atoms with E-state index in [1.54, 1.807) is 12.1 Å². The van der Waals surface area contributed by atoms with E-state index in [4.69, 9.17) is 0 Å². The van der Waals surface area contributed by atoms with Crippen molar-refractivity contribution >= 4 is 15.6 Å². The summed E-state index contributed by atoms with van der Waals surface area (Å²) < 4.78 is 25.2. The van der Waals surface area contributed by atoms with Gasteiger partial charge in [0.1, 0.15) is 0 Å². The monoisotopic (exact) mass is 356 g/mol. The van der Waals surface area contributed by atoms with Crippen LogP contribution in [0.3, 0.4) is 0 Å². The molecule has 1 aliphatic rings. The Kier molecular flexibility index (Phi) is 5.09. The van der Waals surface area contributed by atoms with E-state index >= 15 is 0 Å². The topological polar surface area (TPSA) is 51.2 Å². The first kappa shape index (κ1) is 17.9. The Morgan fingerprint density at radius 3 is 2.12 bits per heavy atom. The van der Waals surface area contributed by atoms with Crippen LogP contribution in [0.1, 0.15) is 43.5 Å². The van der Waals surface area contributed by atoms with Crippen molar-refractivity contribution in [3.8, 4) is 11.1 Å². The molecule has 0 aromatic heterocycles. The largest absolute Gasteiger partial charge is 0.294 e. The zero-order valence-corrected chi connectivity index (χ0v) is 15.5. The van der Waals surface area contributed by atoms with Gasteiger partial charge >= 0.3 is 0 Å². The smallest absolute Gasteiger partial charge is 0.164 e. The summed E-state index contributed by atoms with van der Waals surface area (Å²) in [5.41, 5.74) is 2.73. The highest BCUT2D eigenvalue weighted by Crippen LogP contribution is 2.34. The maximum Gasteiger partial charge on any atom is 0.164 e. The molecule has 0 bridgehead atoms. The zero-order valence-electron chi connectivity index (χ0n) is 14.7. The van der Waals surface area contributed by atoms with Crippen LogP contribution >= 0.6 is 0 Å². The molecule has 0 amide bonds. The third-order valence-corrected chi connectivity index (χ3v) is 8.09. The number of benzene rings is 2. The van der Waals surface area contributed by atoms with Crippen LogP contribution in [-0.2, 0) is 9.84 Å². The molecule has 2 atom stereocenters. The number of hydrogen-bond acceptors (Lipinski definition) is 3. The maximum atomic E-state index is 12.6. The number of carbonyl (C=O) groups excluding carboxylic acids is 1. The van der Waals surface area contributed by atoms with Crippen LogP contribution in [0.5, 0.6) is 0 Å². The summed E-state index contributed by atoms with van der Waals surface area (Å²) in [5, 5.41) is -0.827. The zero-order chi connectivity index (χ0) is 18.0. The highest BCUT2D eigenvalue weighted by molar-refractivity contribution is 7.93. The van der Waals surface area contributed by atoms with E-state index in [0.29, 0.717) is 18.4 Å². The summed E-state index contributed by atoms with van der Waals surface area (Å²) in [6, 6.07) is 17.4. The van der Waals surface area contributed by atoms with Gasteiger partial charge in [-0.15, -0.1) is 0 Å². The second-order valence-electron chi connectivity index (χ2n) is 7.14. The second-order valence-corrected chi connectivity index (χ2v) is 9.59. The van der Waals surface area contributed by atoms with Gasteiger partial charge in [-0.1, -0.05) is 68.4 Å². The molecular weight excluding hydrogens is 332 g/mol. The van der Waals surface area contributed by atoms with Crippen molar-refractivity contribution in [2.45, 2.75) is 43.6 Å². The molecule has 0 aliphatic carbocycles. The summed E-state index contributed by atoms with van der Waals surface area (Å²) in [4.78, 5) is 12.5. The van der Waals surface area contributed by atoms with Crippen molar-refractivity contribution in [1.82, 2.24) is 0 Å². The second kappa shape index (κ2) is 7.12. The van der Waals surface area contributed by atoms with Gasteiger partial charge in [0.05, 0.1) is 10.5 Å². The molecule has 3 rings (SSSR count). The van der Waals surface area contributed by atoms with E-state index in [0.717, 1.165) is 11.1 Å². The first-order valence-electron chi connectivity index (χ1n) is 8.81. The van der Waals surface area contributed by atoms with E-state index in [2.05, 4.69) is 0 Å². The Morgan fingerprint density at radius 2 is 1.56 bits per heavy atom. The number of rotatable bonds is 5. The van der Waals surface area contributed by atoms with E-state index in [1.807, 2.05) is 56.3 Å². The third-order valence-electron chi connectivity index (χ3n) is 5.13. The molecule has 132 valence electrons. The van der Waals surface area contributed by atoms with Crippen LogP contribution < -0.4 is 0 Å². The Labute approximate surface area is 150 Å². The fourth-order valence-electron chi connectivity index (χ4n) is 3.66. The van der Waals surface area contributed by atoms with Crippen LogP contribution in [0, 0.1) is 5.92 Å². The summed E-state index contributed by atoms with van der Waals surface area (Å²) >= 11 is 0. The van der Waals surface area contributed by atoms with Gasteiger partial charge in [-0.3, -0.25) is 4.79 Å². The molecule has 4 heteroatoms. The van der Waals surface area contributed by atoms with Crippen LogP contribution in [0.15, 0.2) is 54.6 Å². The lowest BCUT2D eigenvalue weighted by Gasteiger charge is -2.16. The lowest BCUT2D eigenvalue weighted by Crippen LogP contribution is -2.28. The molecule has 1 aliphatic heterocycles. The van der Waals surface area contributed by atoms with Crippen LogP contribution in [0.25, 0.3) is 11.1 Å². The average molecular weight is 356 g/mol. The molecule has 0 spiro atoms. The van der Waals surface area contributed by atoms with Crippen molar-refractivity contribution in [1.29, 1.82) is 0 Å². The third kappa shape index (κ3) is 3.69. The number of ketones is 1. The quantitative estimate of drug-likeness (QED) is 0.740. The van der Waals surface area contributed by atoms with Crippen molar-refractivity contribution in [3.05, 3.63) is 60.2 Å². The molecule has 2 aromatic carbocycles. The van der Waals surface area contributed by atoms with Crippen LogP contribution in [-0.4, -0.2) is 24.7 Å². The molecule has 1 saturated heterocycles. The Bertz CT molecular complexity index is 836. The molecule has 0 saturated carbocycles. The highest BCUT2D eigenvalue weighted by Gasteiger charge is 2.42. The SMILES string of the molecule is CC(C)C1CCC(CC(=O)c2ccc(-c3ccccc3)cc2)S1(=O)=O. The lowest BCUT2D eigenvalue weighted by atomic mass is 9.99. The van der Waals surface area contributed by atoms with Crippen molar-refractivity contribution < 1.29 is 13.2 Å². The predicted octanol–water partition coefficient (Wildman–Crippen LogP) is 4.53. The molecule has 0 N–H and O–H groups in total. The van der Waals surface area contributed by atoms with Gasteiger partial charge in [-0.05, 0) is 29.9 Å². The van der Waals surface area contributed by atoms with Crippen LogP contribution in [0.4, 0.5) is 0 Å². The van der Waals surface area contributed by atoms with Gasteiger partial charge in [-0.2, -0.15) is 0 Å². The summed E-state index contributed by atoms with van der Waals surface area (Å²) in [6.07, 6.45) is 1.36. The van der Waals surface area contributed by atoms with Gasteiger partial charge in [0, 0.05) is 12.0 Å². The number of Topliss-reactive ketones (excluding diaryl/α,β-unsaturated/α-hetero) is 1. The molecule has 2 unspecified atom stereocenters. The molecule has 2 aromatic rings. The van der Waals surface area contributed by atoms with Gasteiger partial charge in [0.2, 0.25) is 0 Å². The standard InChI is InChI=1S/C21H24O3S/c1-15(2)21-13-12-19(25(21,23)24)14-20(22)18-10-8-17(9-11-18)16-6-4-3-5-7-16/h3-11,15,19,21H,12-14H2,1-2H3. The Balaban J connectivity index is 1.72. The summed E-state index contributed by atoms with van der Waals surface area (Å²) in [7, 11) is -3.20. The minimum atomic E-state index is -3.20. The molecule has 1 heterocycles. The summed E-state index contributed by atoms with van der Waals surface area (Å²) in [5.74, 6) is 0.0212. The fraction of sp³-hybridized carbons (Fsp3) is 0.381. The Hall–Kier alpha value is -1.94. The first-order chi connectivity index (χ1) is 11.9. The van der Waals surface area contributed by atoms with E-state index < -0.39 is 15.1 Å². The average Bonchev–Trinajstić information content (AvgIpc) is 2.90. The van der Waals surface area contributed by atoms with Crippen molar-refractivity contribution in [3.63, 3.8) is 0 Å². The number of hydrogen-bond donors (Lipinski definition) is 0. The maximum absolute atomic E-state index is 12.6. The van der Waals surface area contributed by atoms with Gasteiger partial charge in [-0.25, -0.2) is 8.42 Å². The van der Waals surface area contributed by atoms with Crippen molar-refractivity contribution in [2.75, 3.05) is 0 Å². The lowest BCUT2D eigenvalue weighted by molar-refractivity contribution is 0.0981. The molecule has 25 heavy (non-hydrogen) atoms. The fourth-order valence-corrected chi connectivity index (χ4v) is 6.23. The molecule has 0 radical (unpaired) electrons. The highest BCUT2D eigenvalue weighted by atomic mass is 32.2. The molecule has 3 nitrogen and oxygen atoms in total. The van der Waals surface area contributed by atoms with E-state index in [9.17, 15) is 13.2 Å². The van der Waals surface area contributed by atoms with Gasteiger partial charge in [0.15, 0.2) is 15.6 Å². The van der Waals surface area contributed by atoms with Gasteiger partial charge < -0.3 is 0 Å². The Morgan fingerprint density at radius 1 is 0.960 bits per heavy atom. The molecule has 1 fully saturated rings. The van der Waals surface area contributed by atoms with Crippen LogP contribution in [0.2, 0.25) is 0 Å². The summed E-state index contributed by atoms with van der Waals surface area (Å²) in [6.45, 7) is 3.88. The predicted molar refractivity (Wildman–Crippen MR) is 101 cm³/mol.